The number of amides is 1. The van der Waals surface area contributed by atoms with E-state index in [2.05, 4.69) is 5.32 Å². The minimum Gasteiger partial charge on any atom is -0.454 e. The quantitative estimate of drug-likeness (QED) is 0.947. The lowest BCUT2D eigenvalue weighted by atomic mass is 10.1. The number of hydrogen-bond acceptors (Lipinski definition) is 3. The minimum absolute atomic E-state index is 0.0647. The molecule has 0 radical (unpaired) electrons. The second-order valence-corrected chi connectivity index (χ2v) is 4.97. The van der Waals surface area contributed by atoms with E-state index in [4.69, 9.17) is 9.47 Å². The van der Waals surface area contributed by atoms with Crippen molar-refractivity contribution in [1.29, 1.82) is 0 Å². The third kappa shape index (κ3) is 2.86. The summed E-state index contributed by atoms with van der Waals surface area (Å²) in [5.74, 6) is -0.879. The molecule has 0 aromatic heterocycles. The molecule has 2 aromatic rings. The lowest BCUT2D eigenvalue weighted by Crippen LogP contribution is -2.26. The van der Waals surface area contributed by atoms with Gasteiger partial charge in [0, 0.05) is 11.6 Å². The van der Waals surface area contributed by atoms with E-state index in [0.29, 0.717) is 11.5 Å². The Labute approximate surface area is 125 Å². The molecule has 1 heterocycles. The number of carbonyl (C=O) groups is 1. The van der Waals surface area contributed by atoms with E-state index in [1.54, 1.807) is 25.1 Å². The second-order valence-electron chi connectivity index (χ2n) is 4.97. The first-order valence-corrected chi connectivity index (χ1v) is 6.69. The summed E-state index contributed by atoms with van der Waals surface area (Å²) in [5.41, 5.74) is 0.736. The van der Waals surface area contributed by atoms with Gasteiger partial charge in [-0.1, -0.05) is 6.07 Å². The van der Waals surface area contributed by atoms with Crippen molar-refractivity contribution < 1.29 is 23.0 Å². The highest BCUT2D eigenvalue weighted by molar-refractivity contribution is 5.94. The van der Waals surface area contributed by atoms with Gasteiger partial charge in [-0.25, -0.2) is 8.78 Å². The Morgan fingerprint density at radius 3 is 2.50 bits per heavy atom. The van der Waals surface area contributed by atoms with Crippen LogP contribution in [0.1, 0.15) is 28.9 Å². The van der Waals surface area contributed by atoms with Crippen LogP contribution in [0.25, 0.3) is 0 Å². The molecule has 1 aliphatic rings. The highest BCUT2D eigenvalue weighted by Crippen LogP contribution is 2.34. The summed E-state index contributed by atoms with van der Waals surface area (Å²) < 4.78 is 36.8. The molecule has 6 heteroatoms. The number of halogens is 2. The zero-order chi connectivity index (χ0) is 15.7. The molecule has 0 bridgehead atoms. The maximum absolute atomic E-state index is 13.1. The van der Waals surface area contributed by atoms with Crippen LogP contribution in [0, 0.1) is 11.6 Å². The first-order valence-electron chi connectivity index (χ1n) is 6.69. The van der Waals surface area contributed by atoms with Crippen LogP contribution in [0.2, 0.25) is 0 Å². The molecule has 3 rings (SSSR count). The van der Waals surface area contributed by atoms with Crippen LogP contribution in [0.5, 0.6) is 11.5 Å². The maximum atomic E-state index is 13.1. The number of ether oxygens (including phenoxy) is 2. The fourth-order valence-electron chi connectivity index (χ4n) is 2.23. The second kappa shape index (κ2) is 5.63. The van der Waals surface area contributed by atoms with Gasteiger partial charge in [-0.2, -0.15) is 0 Å². The van der Waals surface area contributed by atoms with Crippen LogP contribution in [-0.4, -0.2) is 12.7 Å². The average molecular weight is 305 g/mol. The molecule has 4 nitrogen and oxygen atoms in total. The van der Waals surface area contributed by atoms with Gasteiger partial charge < -0.3 is 14.8 Å². The molecule has 0 saturated heterocycles. The molecule has 114 valence electrons. The van der Waals surface area contributed by atoms with Gasteiger partial charge in [-0.15, -0.1) is 0 Å². The molecular weight excluding hydrogens is 292 g/mol. The fraction of sp³-hybridized carbons (Fsp3) is 0.188. The van der Waals surface area contributed by atoms with E-state index in [-0.39, 0.29) is 18.4 Å². The van der Waals surface area contributed by atoms with E-state index in [1.165, 1.54) is 0 Å². The van der Waals surface area contributed by atoms with Crippen molar-refractivity contribution >= 4 is 5.91 Å². The van der Waals surface area contributed by atoms with E-state index in [1.807, 2.05) is 0 Å². The zero-order valence-electron chi connectivity index (χ0n) is 11.7. The van der Waals surface area contributed by atoms with E-state index < -0.39 is 17.5 Å². The van der Waals surface area contributed by atoms with Crippen LogP contribution in [0.15, 0.2) is 36.4 Å². The number of hydrogen-bond donors (Lipinski definition) is 1. The molecule has 22 heavy (non-hydrogen) atoms. The highest BCUT2D eigenvalue weighted by Gasteiger charge is 2.18. The topological polar surface area (TPSA) is 47.6 Å². The molecule has 1 aliphatic heterocycles. The fourth-order valence-corrected chi connectivity index (χ4v) is 2.23. The first kappa shape index (κ1) is 14.3. The van der Waals surface area contributed by atoms with E-state index >= 15 is 0 Å². The Hall–Kier alpha value is -2.63. The third-order valence-corrected chi connectivity index (χ3v) is 3.37. The molecular formula is C16H13F2NO3. The standard InChI is InChI=1S/C16H13F2NO3/c1-9(10-2-3-14-15(6-10)22-8-21-14)19-16(20)11-4-12(17)7-13(18)5-11/h2-7,9H,8H2,1H3,(H,19,20). The molecule has 0 spiro atoms. The smallest absolute Gasteiger partial charge is 0.251 e. The summed E-state index contributed by atoms with van der Waals surface area (Å²) in [6.45, 7) is 1.94. The van der Waals surface area contributed by atoms with Crippen LogP contribution < -0.4 is 14.8 Å². The largest absolute Gasteiger partial charge is 0.454 e. The van der Waals surface area contributed by atoms with Gasteiger partial charge in [-0.05, 0) is 36.8 Å². The van der Waals surface area contributed by atoms with Gasteiger partial charge in [0.1, 0.15) is 11.6 Å². The highest BCUT2D eigenvalue weighted by atomic mass is 19.1. The lowest BCUT2D eigenvalue weighted by molar-refractivity contribution is 0.0939. The Morgan fingerprint density at radius 1 is 1.09 bits per heavy atom. The molecule has 0 fully saturated rings. The number of carbonyl (C=O) groups excluding carboxylic acids is 1. The Morgan fingerprint density at radius 2 is 1.77 bits per heavy atom. The van der Waals surface area contributed by atoms with Crippen molar-refractivity contribution in [2.24, 2.45) is 0 Å². The lowest BCUT2D eigenvalue weighted by Gasteiger charge is -2.15. The minimum atomic E-state index is -0.791. The molecule has 1 atom stereocenters. The summed E-state index contributed by atoms with van der Waals surface area (Å²) in [5, 5.41) is 2.69. The van der Waals surface area contributed by atoms with Gasteiger partial charge in [-0.3, -0.25) is 4.79 Å². The monoisotopic (exact) mass is 305 g/mol. The SMILES string of the molecule is CC(NC(=O)c1cc(F)cc(F)c1)c1ccc2c(c1)OCO2. The molecule has 1 N–H and O–H groups in total. The van der Waals surface area contributed by atoms with Crippen LogP contribution in [0.4, 0.5) is 8.78 Å². The summed E-state index contributed by atoms with van der Waals surface area (Å²) in [4.78, 5) is 12.1. The predicted molar refractivity (Wildman–Crippen MR) is 74.8 cm³/mol. The van der Waals surface area contributed by atoms with Gasteiger partial charge >= 0.3 is 0 Å². The zero-order valence-corrected chi connectivity index (χ0v) is 11.7. The first-order chi connectivity index (χ1) is 10.5. The predicted octanol–water partition coefficient (Wildman–Crippen LogP) is 3.18. The Kier molecular flexibility index (Phi) is 3.66. The number of nitrogens with one attached hydrogen (secondary N) is 1. The molecule has 1 unspecified atom stereocenters. The van der Waals surface area contributed by atoms with Crippen LogP contribution in [0.3, 0.4) is 0 Å². The number of rotatable bonds is 3. The van der Waals surface area contributed by atoms with Gasteiger partial charge in [0.05, 0.1) is 6.04 Å². The third-order valence-electron chi connectivity index (χ3n) is 3.37. The molecule has 0 aliphatic carbocycles. The summed E-state index contributed by atoms with van der Waals surface area (Å²) >= 11 is 0. The van der Waals surface area contributed by atoms with Crippen molar-refractivity contribution in [1.82, 2.24) is 5.32 Å². The molecule has 1 amide bonds. The molecule has 2 aromatic carbocycles. The average Bonchev–Trinajstić information content (AvgIpc) is 2.93. The summed E-state index contributed by atoms with van der Waals surface area (Å²) in [6.07, 6.45) is 0. The van der Waals surface area contributed by atoms with Gasteiger partial charge in [0.2, 0.25) is 6.79 Å². The van der Waals surface area contributed by atoms with Crippen molar-refractivity contribution in [3.8, 4) is 11.5 Å². The van der Waals surface area contributed by atoms with Crippen molar-refractivity contribution in [3.63, 3.8) is 0 Å². The summed E-state index contributed by atoms with van der Waals surface area (Å²) in [6, 6.07) is 7.66. The van der Waals surface area contributed by atoms with E-state index in [9.17, 15) is 13.6 Å². The summed E-state index contributed by atoms with van der Waals surface area (Å²) in [7, 11) is 0. The maximum Gasteiger partial charge on any atom is 0.251 e. The van der Waals surface area contributed by atoms with E-state index in [0.717, 1.165) is 23.8 Å². The number of benzene rings is 2. The normalized spacial score (nSPS) is 13.8. The van der Waals surface area contributed by atoms with Crippen molar-refractivity contribution in [3.05, 3.63) is 59.2 Å². The van der Waals surface area contributed by atoms with Crippen molar-refractivity contribution in [2.75, 3.05) is 6.79 Å². The Bertz CT molecular complexity index is 713. The van der Waals surface area contributed by atoms with Crippen LogP contribution in [-0.2, 0) is 0 Å². The van der Waals surface area contributed by atoms with Crippen LogP contribution >= 0.6 is 0 Å². The van der Waals surface area contributed by atoms with Crippen molar-refractivity contribution in [2.45, 2.75) is 13.0 Å². The number of fused-ring (bicyclic) bond motifs is 1. The van der Waals surface area contributed by atoms with Gasteiger partial charge in [0.25, 0.3) is 5.91 Å². The Balaban J connectivity index is 1.76. The molecule has 0 saturated carbocycles. The van der Waals surface area contributed by atoms with Gasteiger partial charge in [0.15, 0.2) is 11.5 Å².